The zero-order chi connectivity index (χ0) is 14.7. The van der Waals surface area contributed by atoms with Gasteiger partial charge in [0.2, 0.25) is 0 Å². The van der Waals surface area contributed by atoms with E-state index in [1.165, 1.54) is 6.42 Å². The molecular weight excluding hydrogens is 322 g/mol. The van der Waals surface area contributed by atoms with E-state index in [0.717, 1.165) is 24.0 Å². The Kier molecular flexibility index (Phi) is 4.91. The number of carbonyl (C=O) groups excluding carboxylic acids is 1. The summed E-state index contributed by atoms with van der Waals surface area (Å²) in [6.07, 6.45) is 2.26. The van der Waals surface area contributed by atoms with Gasteiger partial charge in [-0.3, -0.25) is 4.79 Å². The number of ether oxygens (including phenoxy) is 2. The number of methoxy groups -OCH3 is 2. The van der Waals surface area contributed by atoms with Gasteiger partial charge in [-0.2, -0.15) is 0 Å². The molecule has 1 aliphatic heterocycles. The van der Waals surface area contributed by atoms with E-state index in [9.17, 15) is 4.79 Å². The van der Waals surface area contributed by atoms with E-state index in [1.807, 2.05) is 4.90 Å². The Morgan fingerprint density at radius 1 is 1.30 bits per heavy atom. The molecule has 0 bridgehead atoms. The van der Waals surface area contributed by atoms with Crippen molar-refractivity contribution in [2.75, 3.05) is 27.3 Å². The predicted octanol–water partition coefficient (Wildman–Crippen LogP) is 3.34. The van der Waals surface area contributed by atoms with Crippen molar-refractivity contribution in [2.24, 2.45) is 5.92 Å². The lowest BCUT2D eigenvalue weighted by atomic mass is 9.99. The molecule has 0 saturated carbocycles. The second-order valence-corrected chi connectivity index (χ2v) is 6.04. The van der Waals surface area contributed by atoms with Gasteiger partial charge in [0.1, 0.15) is 0 Å². The molecule has 1 saturated heterocycles. The van der Waals surface area contributed by atoms with E-state index >= 15 is 0 Å². The molecule has 4 nitrogen and oxygen atoms in total. The highest BCUT2D eigenvalue weighted by Gasteiger charge is 2.24. The van der Waals surface area contributed by atoms with Gasteiger partial charge in [0, 0.05) is 17.6 Å². The molecule has 1 aromatic carbocycles. The van der Waals surface area contributed by atoms with Gasteiger partial charge in [-0.05, 0) is 46.8 Å². The molecular formula is C15H20BrNO3. The van der Waals surface area contributed by atoms with Gasteiger partial charge in [-0.15, -0.1) is 0 Å². The van der Waals surface area contributed by atoms with E-state index in [0.29, 0.717) is 23.0 Å². The number of rotatable bonds is 3. The smallest absolute Gasteiger partial charge is 0.255 e. The largest absolute Gasteiger partial charge is 0.493 e. The summed E-state index contributed by atoms with van der Waals surface area (Å²) in [6, 6.07) is 3.52. The number of nitrogens with zero attached hydrogens (tertiary/aromatic N) is 1. The normalized spacial score (nSPS) is 18.8. The number of piperidine rings is 1. The minimum absolute atomic E-state index is 0.0457. The monoisotopic (exact) mass is 341 g/mol. The van der Waals surface area contributed by atoms with Crippen LogP contribution < -0.4 is 9.47 Å². The molecule has 1 amide bonds. The van der Waals surface area contributed by atoms with Crippen LogP contribution in [-0.4, -0.2) is 38.1 Å². The number of halogens is 1. The Hall–Kier alpha value is -1.23. The lowest BCUT2D eigenvalue weighted by molar-refractivity contribution is 0.0681. The van der Waals surface area contributed by atoms with E-state index < -0.39 is 0 Å². The Labute approximate surface area is 128 Å². The van der Waals surface area contributed by atoms with Gasteiger partial charge < -0.3 is 14.4 Å². The summed E-state index contributed by atoms with van der Waals surface area (Å²) in [5, 5.41) is 0. The van der Waals surface area contributed by atoms with Gasteiger partial charge in [-0.25, -0.2) is 0 Å². The number of benzene rings is 1. The Balaban J connectivity index is 2.29. The Bertz CT molecular complexity index is 504. The van der Waals surface area contributed by atoms with Gasteiger partial charge >= 0.3 is 0 Å². The average molecular weight is 342 g/mol. The molecule has 5 heteroatoms. The van der Waals surface area contributed by atoms with Crippen LogP contribution in [0, 0.1) is 5.92 Å². The first-order valence-corrected chi connectivity index (χ1v) is 7.57. The topological polar surface area (TPSA) is 38.8 Å². The molecule has 2 rings (SSSR count). The summed E-state index contributed by atoms with van der Waals surface area (Å²) in [5.41, 5.74) is 0.622. The molecule has 20 heavy (non-hydrogen) atoms. The minimum Gasteiger partial charge on any atom is -0.493 e. The molecule has 1 fully saturated rings. The molecule has 1 aliphatic rings. The van der Waals surface area contributed by atoms with Crippen LogP contribution in [0.3, 0.4) is 0 Å². The lowest BCUT2D eigenvalue weighted by Gasteiger charge is -2.31. The van der Waals surface area contributed by atoms with Crippen LogP contribution >= 0.6 is 15.9 Å². The van der Waals surface area contributed by atoms with Crippen LogP contribution in [0.4, 0.5) is 0 Å². The zero-order valence-corrected chi connectivity index (χ0v) is 13.7. The SMILES string of the molecule is COc1cc(Br)c(C(=O)N2CCCC(C)C2)cc1OC. The van der Waals surface area contributed by atoms with Crippen molar-refractivity contribution in [3.8, 4) is 11.5 Å². The fourth-order valence-electron chi connectivity index (χ4n) is 2.56. The highest BCUT2D eigenvalue weighted by molar-refractivity contribution is 9.10. The molecule has 0 aromatic heterocycles. The molecule has 110 valence electrons. The maximum absolute atomic E-state index is 12.6. The Morgan fingerprint density at radius 3 is 2.55 bits per heavy atom. The molecule has 1 aromatic rings. The van der Waals surface area contributed by atoms with Crippen molar-refractivity contribution in [3.05, 3.63) is 22.2 Å². The van der Waals surface area contributed by atoms with Crippen LogP contribution in [0.2, 0.25) is 0 Å². The van der Waals surface area contributed by atoms with E-state index in [1.54, 1.807) is 26.4 Å². The second kappa shape index (κ2) is 6.48. The number of amides is 1. The first kappa shape index (κ1) is 15.2. The maximum atomic E-state index is 12.6. The molecule has 0 N–H and O–H groups in total. The van der Waals surface area contributed by atoms with Crippen LogP contribution in [0.25, 0.3) is 0 Å². The van der Waals surface area contributed by atoms with E-state index in [2.05, 4.69) is 22.9 Å². The summed E-state index contributed by atoms with van der Waals surface area (Å²) < 4.78 is 11.2. The number of likely N-dealkylation sites (tertiary alicyclic amines) is 1. The quantitative estimate of drug-likeness (QED) is 0.846. The molecule has 1 atom stereocenters. The first-order chi connectivity index (χ1) is 9.56. The third-order valence-electron chi connectivity index (χ3n) is 3.65. The zero-order valence-electron chi connectivity index (χ0n) is 12.1. The van der Waals surface area contributed by atoms with Crippen LogP contribution in [0.5, 0.6) is 11.5 Å². The summed E-state index contributed by atoms with van der Waals surface area (Å²) in [4.78, 5) is 14.6. The molecule has 0 spiro atoms. The number of hydrogen-bond acceptors (Lipinski definition) is 3. The Morgan fingerprint density at radius 2 is 1.95 bits per heavy atom. The van der Waals surface area contributed by atoms with Crippen molar-refractivity contribution in [1.82, 2.24) is 4.90 Å². The van der Waals surface area contributed by atoms with Crippen LogP contribution in [-0.2, 0) is 0 Å². The highest BCUT2D eigenvalue weighted by Crippen LogP contribution is 2.34. The standard InChI is InChI=1S/C15H20BrNO3/c1-10-5-4-6-17(9-10)15(18)11-7-13(19-2)14(20-3)8-12(11)16/h7-8,10H,4-6,9H2,1-3H3. The molecule has 0 aliphatic carbocycles. The van der Waals surface area contributed by atoms with Crippen molar-refractivity contribution in [1.29, 1.82) is 0 Å². The third-order valence-corrected chi connectivity index (χ3v) is 4.30. The minimum atomic E-state index is 0.0457. The van der Waals surface area contributed by atoms with Gasteiger partial charge in [-0.1, -0.05) is 6.92 Å². The highest BCUT2D eigenvalue weighted by atomic mass is 79.9. The fourth-order valence-corrected chi connectivity index (χ4v) is 3.05. The van der Waals surface area contributed by atoms with Crippen molar-refractivity contribution in [3.63, 3.8) is 0 Å². The van der Waals surface area contributed by atoms with Gasteiger partial charge in [0.25, 0.3) is 5.91 Å². The van der Waals surface area contributed by atoms with E-state index in [4.69, 9.17) is 9.47 Å². The molecule has 1 heterocycles. The van der Waals surface area contributed by atoms with Crippen LogP contribution in [0.15, 0.2) is 16.6 Å². The van der Waals surface area contributed by atoms with E-state index in [-0.39, 0.29) is 5.91 Å². The van der Waals surface area contributed by atoms with Gasteiger partial charge in [0.15, 0.2) is 11.5 Å². The summed E-state index contributed by atoms with van der Waals surface area (Å²) in [5.74, 6) is 1.79. The summed E-state index contributed by atoms with van der Waals surface area (Å²) >= 11 is 3.45. The number of hydrogen-bond donors (Lipinski definition) is 0. The number of carbonyl (C=O) groups is 1. The van der Waals surface area contributed by atoms with Crippen molar-refractivity contribution < 1.29 is 14.3 Å². The predicted molar refractivity (Wildman–Crippen MR) is 81.5 cm³/mol. The summed E-state index contributed by atoms with van der Waals surface area (Å²) in [6.45, 7) is 3.83. The second-order valence-electron chi connectivity index (χ2n) is 5.19. The summed E-state index contributed by atoms with van der Waals surface area (Å²) in [7, 11) is 3.15. The third kappa shape index (κ3) is 3.08. The van der Waals surface area contributed by atoms with Gasteiger partial charge in [0.05, 0.1) is 19.8 Å². The fraction of sp³-hybridized carbons (Fsp3) is 0.533. The first-order valence-electron chi connectivity index (χ1n) is 6.77. The average Bonchev–Trinajstić information content (AvgIpc) is 2.46. The lowest BCUT2D eigenvalue weighted by Crippen LogP contribution is -2.39. The van der Waals surface area contributed by atoms with Crippen molar-refractivity contribution in [2.45, 2.75) is 19.8 Å². The van der Waals surface area contributed by atoms with Crippen LogP contribution in [0.1, 0.15) is 30.1 Å². The maximum Gasteiger partial charge on any atom is 0.255 e. The molecule has 0 radical (unpaired) electrons. The molecule has 1 unspecified atom stereocenters. The van der Waals surface area contributed by atoms with Crippen molar-refractivity contribution >= 4 is 21.8 Å².